The molecule has 0 aliphatic carbocycles. The summed E-state index contributed by atoms with van der Waals surface area (Å²) in [6.45, 7) is 8.40. The molecule has 1 N–H and O–H groups in total. The third-order valence-electron chi connectivity index (χ3n) is 3.13. The van der Waals surface area contributed by atoms with Crippen LogP contribution in [0.4, 0.5) is 0 Å². The highest BCUT2D eigenvalue weighted by molar-refractivity contribution is 4.82. The third-order valence-corrected chi connectivity index (χ3v) is 3.13. The van der Waals surface area contributed by atoms with E-state index in [2.05, 4.69) is 32.7 Å². The molecule has 1 aliphatic heterocycles. The number of aryl methyl sites for hydroxylation is 1. The van der Waals surface area contributed by atoms with Crippen molar-refractivity contribution in [2.45, 2.75) is 39.3 Å². The van der Waals surface area contributed by atoms with Gasteiger partial charge in [-0.05, 0) is 36.4 Å². The van der Waals surface area contributed by atoms with Gasteiger partial charge in [0.05, 0.1) is 6.54 Å². The summed E-state index contributed by atoms with van der Waals surface area (Å²) in [6, 6.07) is 0. The molecule has 0 spiro atoms. The lowest BCUT2D eigenvalue weighted by atomic mass is 10.3. The van der Waals surface area contributed by atoms with Crippen molar-refractivity contribution in [3.63, 3.8) is 0 Å². The van der Waals surface area contributed by atoms with Crippen molar-refractivity contribution in [3.05, 3.63) is 5.82 Å². The van der Waals surface area contributed by atoms with Crippen LogP contribution in [0.25, 0.3) is 0 Å². The smallest absolute Gasteiger partial charge is 0.165 e. The van der Waals surface area contributed by atoms with Crippen molar-refractivity contribution in [3.8, 4) is 0 Å². The Labute approximate surface area is 102 Å². The second-order valence-electron chi connectivity index (χ2n) is 4.55. The van der Waals surface area contributed by atoms with Crippen LogP contribution in [0.1, 0.15) is 32.0 Å². The zero-order chi connectivity index (χ0) is 11.9. The fraction of sp³-hybridized carbons (Fsp3) is 0.909. The molecule has 0 aromatic carbocycles. The van der Waals surface area contributed by atoms with Crippen molar-refractivity contribution < 1.29 is 0 Å². The summed E-state index contributed by atoms with van der Waals surface area (Å²) in [7, 11) is 0. The average molecular weight is 238 g/mol. The largest absolute Gasteiger partial charge is 0.315 e. The molecular formula is C11H22N6. The molecule has 1 fully saturated rings. The van der Waals surface area contributed by atoms with Crippen molar-refractivity contribution in [1.29, 1.82) is 0 Å². The van der Waals surface area contributed by atoms with Gasteiger partial charge in [-0.3, -0.25) is 4.90 Å². The summed E-state index contributed by atoms with van der Waals surface area (Å²) in [5.41, 5.74) is 0. The van der Waals surface area contributed by atoms with Gasteiger partial charge >= 0.3 is 0 Å². The summed E-state index contributed by atoms with van der Waals surface area (Å²) in [5.74, 6) is 1.00. The van der Waals surface area contributed by atoms with Gasteiger partial charge in [0, 0.05) is 19.6 Å². The molecule has 0 atom stereocenters. The molecule has 2 heterocycles. The Bertz CT molecular complexity index is 316. The maximum absolute atomic E-state index is 4.13. The van der Waals surface area contributed by atoms with E-state index in [4.69, 9.17) is 0 Å². The Morgan fingerprint density at radius 3 is 3.12 bits per heavy atom. The van der Waals surface area contributed by atoms with Crippen LogP contribution in [0.3, 0.4) is 0 Å². The molecule has 1 aliphatic rings. The molecular weight excluding hydrogens is 216 g/mol. The zero-order valence-electron chi connectivity index (χ0n) is 10.6. The molecule has 0 radical (unpaired) electrons. The molecule has 0 unspecified atom stereocenters. The standard InChI is InChI=1S/C11H22N6/c1-2-3-8-17-11(13-14-15-17)10-16-7-4-5-12-6-9-16/h12H,2-10H2,1H3. The van der Waals surface area contributed by atoms with Crippen molar-refractivity contribution in [2.24, 2.45) is 0 Å². The molecule has 2 rings (SSSR count). The van der Waals surface area contributed by atoms with E-state index in [0.717, 1.165) is 51.5 Å². The molecule has 1 aromatic heterocycles. The van der Waals surface area contributed by atoms with Crippen LogP contribution in [0.15, 0.2) is 0 Å². The second kappa shape index (κ2) is 6.66. The summed E-state index contributed by atoms with van der Waals surface area (Å²) >= 11 is 0. The van der Waals surface area contributed by atoms with Crippen molar-refractivity contribution in [1.82, 2.24) is 30.4 Å². The lowest BCUT2D eigenvalue weighted by Gasteiger charge is -2.18. The van der Waals surface area contributed by atoms with Gasteiger partial charge in [0.1, 0.15) is 0 Å². The van der Waals surface area contributed by atoms with Crippen molar-refractivity contribution in [2.75, 3.05) is 26.2 Å². The SMILES string of the molecule is CCCCn1nnnc1CN1CCCNCC1. The van der Waals surface area contributed by atoms with E-state index in [1.807, 2.05) is 4.68 Å². The van der Waals surface area contributed by atoms with Crippen LogP contribution in [0, 0.1) is 0 Å². The maximum Gasteiger partial charge on any atom is 0.165 e. The van der Waals surface area contributed by atoms with Gasteiger partial charge < -0.3 is 5.32 Å². The second-order valence-corrected chi connectivity index (χ2v) is 4.55. The third kappa shape index (κ3) is 3.74. The Morgan fingerprint density at radius 2 is 2.24 bits per heavy atom. The Hall–Kier alpha value is -1.01. The van der Waals surface area contributed by atoms with E-state index in [1.54, 1.807) is 0 Å². The van der Waals surface area contributed by atoms with Crippen molar-refractivity contribution >= 4 is 0 Å². The van der Waals surface area contributed by atoms with Gasteiger partial charge in [-0.15, -0.1) is 5.10 Å². The van der Waals surface area contributed by atoms with E-state index in [-0.39, 0.29) is 0 Å². The fourth-order valence-electron chi connectivity index (χ4n) is 2.08. The monoisotopic (exact) mass is 238 g/mol. The molecule has 1 saturated heterocycles. The summed E-state index contributed by atoms with van der Waals surface area (Å²) in [6.07, 6.45) is 3.52. The van der Waals surface area contributed by atoms with Gasteiger partial charge in [-0.1, -0.05) is 13.3 Å². The minimum Gasteiger partial charge on any atom is -0.315 e. The van der Waals surface area contributed by atoms with Gasteiger partial charge in [0.25, 0.3) is 0 Å². The van der Waals surface area contributed by atoms with E-state index in [0.29, 0.717) is 0 Å². The van der Waals surface area contributed by atoms with Gasteiger partial charge in [0.2, 0.25) is 0 Å². The van der Waals surface area contributed by atoms with E-state index in [1.165, 1.54) is 12.8 Å². The first-order valence-electron chi connectivity index (χ1n) is 6.58. The Kier molecular flexibility index (Phi) is 4.88. The van der Waals surface area contributed by atoms with Crippen LogP contribution in [0.2, 0.25) is 0 Å². The van der Waals surface area contributed by atoms with Gasteiger partial charge in [0.15, 0.2) is 5.82 Å². The lowest BCUT2D eigenvalue weighted by Crippen LogP contribution is -2.29. The number of hydrogen-bond acceptors (Lipinski definition) is 5. The van der Waals surface area contributed by atoms with E-state index >= 15 is 0 Å². The number of rotatable bonds is 5. The van der Waals surface area contributed by atoms with Crippen LogP contribution in [-0.4, -0.2) is 51.3 Å². The first kappa shape index (κ1) is 12.4. The maximum atomic E-state index is 4.13. The highest BCUT2D eigenvalue weighted by Crippen LogP contribution is 2.04. The quantitative estimate of drug-likeness (QED) is 0.798. The Balaban J connectivity index is 1.90. The normalized spacial score (nSPS) is 18.2. The summed E-state index contributed by atoms with van der Waals surface area (Å²) in [5, 5.41) is 15.4. The number of nitrogens with one attached hydrogen (secondary N) is 1. The molecule has 1 aromatic rings. The number of aromatic nitrogens is 4. The predicted molar refractivity (Wildman–Crippen MR) is 65.5 cm³/mol. The van der Waals surface area contributed by atoms with Crippen LogP contribution in [0.5, 0.6) is 0 Å². The highest BCUT2D eigenvalue weighted by Gasteiger charge is 2.13. The molecule has 6 nitrogen and oxygen atoms in total. The van der Waals surface area contributed by atoms with Crippen LogP contribution >= 0.6 is 0 Å². The molecule has 0 amide bonds. The molecule has 0 saturated carbocycles. The Morgan fingerprint density at radius 1 is 1.29 bits per heavy atom. The van der Waals surface area contributed by atoms with Gasteiger partial charge in [-0.25, -0.2) is 4.68 Å². The number of tetrazole rings is 1. The topological polar surface area (TPSA) is 58.9 Å². The molecule has 96 valence electrons. The zero-order valence-corrected chi connectivity index (χ0v) is 10.6. The summed E-state index contributed by atoms with van der Waals surface area (Å²) in [4.78, 5) is 2.42. The number of nitrogens with zero attached hydrogens (tertiary/aromatic N) is 5. The van der Waals surface area contributed by atoms with Gasteiger partial charge in [-0.2, -0.15) is 0 Å². The number of hydrogen-bond donors (Lipinski definition) is 1. The average Bonchev–Trinajstić information content (AvgIpc) is 2.61. The van der Waals surface area contributed by atoms with Crippen LogP contribution in [-0.2, 0) is 13.1 Å². The molecule has 6 heteroatoms. The van der Waals surface area contributed by atoms with Crippen LogP contribution < -0.4 is 5.32 Å². The fourth-order valence-corrected chi connectivity index (χ4v) is 2.08. The van der Waals surface area contributed by atoms with E-state index < -0.39 is 0 Å². The summed E-state index contributed by atoms with van der Waals surface area (Å²) < 4.78 is 1.95. The minimum absolute atomic E-state index is 0.873. The number of unbranched alkanes of at least 4 members (excludes halogenated alkanes) is 1. The molecule has 0 bridgehead atoms. The van der Waals surface area contributed by atoms with E-state index in [9.17, 15) is 0 Å². The lowest BCUT2D eigenvalue weighted by molar-refractivity contribution is 0.270. The molecule has 17 heavy (non-hydrogen) atoms. The predicted octanol–water partition coefficient (Wildman–Crippen LogP) is 0.269. The minimum atomic E-state index is 0.873. The highest BCUT2D eigenvalue weighted by atomic mass is 15.5. The first-order chi connectivity index (χ1) is 8.40. The first-order valence-corrected chi connectivity index (χ1v) is 6.58.